The van der Waals surface area contributed by atoms with Gasteiger partial charge in [-0.3, -0.25) is 14.7 Å². The zero-order chi connectivity index (χ0) is 18.0. The fourth-order valence-corrected chi connectivity index (χ4v) is 2.99. The highest BCUT2D eigenvalue weighted by molar-refractivity contribution is 5.96. The van der Waals surface area contributed by atoms with Crippen molar-refractivity contribution in [1.29, 1.82) is 0 Å². The normalized spacial score (nSPS) is 13.8. The van der Waals surface area contributed by atoms with E-state index in [1.807, 2.05) is 0 Å². The first kappa shape index (κ1) is 17.3. The maximum Gasteiger partial charge on any atom is 0.272 e. The van der Waals surface area contributed by atoms with Crippen molar-refractivity contribution in [1.82, 2.24) is 20.4 Å². The third-order valence-corrected chi connectivity index (χ3v) is 4.53. The average molecular weight is 344 g/mol. The van der Waals surface area contributed by atoms with Crippen LogP contribution in [0.25, 0.3) is 0 Å². The fraction of sp³-hybridized carbons (Fsp3) is 0.500. The predicted molar refractivity (Wildman–Crippen MR) is 92.3 cm³/mol. The molecular weight excluding hydrogens is 320 g/mol. The van der Waals surface area contributed by atoms with Crippen LogP contribution < -0.4 is 5.32 Å². The van der Waals surface area contributed by atoms with E-state index in [-0.39, 0.29) is 11.8 Å². The third kappa shape index (κ3) is 3.60. The molecule has 1 aliphatic rings. The van der Waals surface area contributed by atoms with Gasteiger partial charge in [0.25, 0.3) is 11.8 Å². The van der Waals surface area contributed by atoms with E-state index in [0.29, 0.717) is 49.0 Å². The number of H-pyrrole nitrogens is 1. The Hall–Kier alpha value is -2.57. The molecule has 0 bridgehead atoms. The highest BCUT2D eigenvalue weighted by Gasteiger charge is 2.29. The first-order valence-electron chi connectivity index (χ1n) is 8.65. The highest BCUT2D eigenvalue weighted by atomic mass is 16.3. The first-order chi connectivity index (χ1) is 12.0. The molecular formula is C18H24N4O3. The van der Waals surface area contributed by atoms with Crippen molar-refractivity contribution in [3.05, 3.63) is 40.6 Å². The molecule has 2 aromatic rings. The van der Waals surface area contributed by atoms with Crippen LogP contribution in [0.1, 0.15) is 58.1 Å². The number of nitrogens with zero attached hydrogens (tertiary/aromatic N) is 2. The summed E-state index contributed by atoms with van der Waals surface area (Å²) in [6.07, 6.45) is 3.09. The van der Waals surface area contributed by atoms with Gasteiger partial charge in [0, 0.05) is 30.8 Å². The van der Waals surface area contributed by atoms with E-state index in [1.54, 1.807) is 17.9 Å². The van der Waals surface area contributed by atoms with E-state index in [9.17, 15) is 9.59 Å². The number of fused-ring (bicyclic) bond motifs is 1. The molecule has 134 valence electrons. The Balaban J connectivity index is 1.72. The molecule has 7 heteroatoms. The molecule has 3 heterocycles. The van der Waals surface area contributed by atoms with Gasteiger partial charge in [-0.15, -0.1) is 0 Å². The molecule has 0 atom stereocenters. The molecule has 1 aliphatic heterocycles. The molecule has 0 aromatic carbocycles. The van der Waals surface area contributed by atoms with Gasteiger partial charge in [-0.1, -0.05) is 13.8 Å². The molecule has 0 radical (unpaired) electrons. The zero-order valence-corrected chi connectivity index (χ0v) is 14.9. The second-order valence-corrected chi connectivity index (χ2v) is 6.83. The van der Waals surface area contributed by atoms with Crippen LogP contribution in [0.5, 0.6) is 0 Å². The van der Waals surface area contributed by atoms with E-state index in [2.05, 4.69) is 29.4 Å². The van der Waals surface area contributed by atoms with E-state index in [1.165, 1.54) is 6.26 Å². The number of hydrogen-bond acceptors (Lipinski definition) is 4. The van der Waals surface area contributed by atoms with Crippen molar-refractivity contribution in [2.24, 2.45) is 5.92 Å². The summed E-state index contributed by atoms with van der Waals surface area (Å²) in [5.74, 6) is 0.866. The Morgan fingerprint density at radius 2 is 2.24 bits per heavy atom. The minimum Gasteiger partial charge on any atom is -0.469 e. The Morgan fingerprint density at radius 1 is 1.44 bits per heavy atom. The second-order valence-electron chi connectivity index (χ2n) is 6.83. The lowest BCUT2D eigenvalue weighted by atomic mass is 10.0. The topological polar surface area (TPSA) is 91.2 Å². The number of aryl methyl sites for hydroxylation is 1. The largest absolute Gasteiger partial charge is 0.469 e. The van der Waals surface area contributed by atoms with Crippen LogP contribution in [0.4, 0.5) is 0 Å². The average Bonchev–Trinajstić information content (AvgIpc) is 3.19. The predicted octanol–water partition coefficient (Wildman–Crippen LogP) is 2.29. The fourth-order valence-electron chi connectivity index (χ4n) is 2.99. The van der Waals surface area contributed by atoms with Crippen LogP contribution in [0.2, 0.25) is 0 Å². The Kier molecular flexibility index (Phi) is 4.92. The molecule has 0 unspecified atom stereocenters. The quantitative estimate of drug-likeness (QED) is 0.870. The van der Waals surface area contributed by atoms with Crippen molar-refractivity contribution < 1.29 is 14.0 Å². The third-order valence-electron chi connectivity index (χ3n) is 4.53. The van der Waals surface area contributed by atoms with Gasteiger partial charge in [0.2, 0.25) is 0 Å². The molecule has 0 saturated heterocycles. The smallest absolute Gasteiger partial charge is 0.272 e. The van der Waals surface area contributed by atoms with Crippen molar-refractivity contribution in [2.45, 2.75) is 40.2 Å². The molecule has 3 rings (SSSR count). The molecule has 25 heavy (non-hydrogen) atoms. The van der Waals surface area contributed by atoms with Crippen molar-refractivity contribution in [3.8, 4) is 0 Å². The summed E-state index contributed by atoms with van der Waals surface area (Å²) >= 11 is 0. The molecule has 2 amide bonds. The molecule has 0 aliphatic carbocycles. The minimum absolute atomic E-state index is 0.0794. The van der Waals surface area contributed by atoms with Gasteiger partial charge in [0.05, 0.1) is 18.4 Å². The number of furan rings is 1. The van der Waals surface area contributed by atoms with E-state index < -0.39 is 0 Å². The molecule has 0 fully saturated rings. The molecule has 2 aromatic heterocycles. The zero-order valence-electron chi connectivity index (χ0n) is 14.9. The lowest BCUT2D eigenvalue weighted by Crippen LogP contribution is -2.37. The van der Waals surface area contributed by atoms with Crippen molar-refractivity contribution in [3.63, 3.8) is 0 Å². The van der Waals surface area contributed by atoms with Gasteiger partial charge in [0.15, 0.2) is 5.69 Å². The summed E-state index contributed by atoms with van der Waals surface area (Å²) in [5.41, 5.74) is 2.69. The van der Waals surface area contributed by atoms with E-state index >= 15 is 0 Å². The van der Waals surface area contributed by atoms with Crippen LogP contribution >= 0.6 is 0 Å². The second kappa shape index (κ2) is 7.13. The number of nitrogens with one attached hydrogen (secondary N) is 2. The van der Waals surface area contributed by atoms with Crippen LogP contribution in [0.15, 0.2) is 16.7 Å². The maximum atomic E-state index is 12.7. The Bertz CT molecular complexity index is 775. The van der Waals surface area contributed by atoms with Crippen LogP contribution in [0.3, 0.4) is 0 Å². The Labute approximate surface area is 146 Å². The van der Waals surface area contributed by atoms with Gasteiger partial charge < -0.3 is 14.6 Å². The molecule has 2 N–H and O–H groups in total. The number of aromatic amines is 1. The van der Waals surface area contributed by atoms with Crippen LogP contribution in [0, 0.1) is 12.8 Å². The van der Waals surface area contributed by atoms with Gasteiger partial charge in [-0.05, 0) is 25.3 Å². The summed E-state index contributed by atoms with van der Waals surface area (Å²) < 4.78 is 5.23. The molecule has 7 nitrogen and oxygen atoms in total. The van der Waals surface area contributed by atoms with Crippen LogP contribution in [-0.4, -0.2) is 40.0 Å². The minimum atomic E-state index is -0.188. The summed E-state index contributed by atoms with van der Waals surface area (Å²) in [5, 5.41) is 10.0. The SMILES string of the molecule is Cc1occc1C(=O)N1CCc2[nH]nc(C(=O)NCCC(C)C)c2C1. The van der Waals surface area contributed by atoms with Gasteiger partial charge >= 0.3 is 0 Å². The first-order valence-corrected chi connectivity index (χ1v) is 8.65. The summed E-state index contributed by atoms with van der Waals surface area (Å²) in [7, 11) is 0. The molecule has 0 saturated carbocycles. The highest BCUT2D eigenvalue weighted by Crippen LogP contribution is 2.23. The number of carbonyl (C=O) groups excluding carboxylic acids is 2. The number of hydrogen-bond donors (Lipinski definition) is 2. The number of amides is 2. The lowest BCUT2D eigenvalue weighted by Gasteiger charge is -2.27. The van der Waals surface area contributed by atoms with Crippen LogP contribution in [-0.2, 0) is 13.0 Å². The van der Waals surface area contributed by atoms with Gasteiger partial charge in [0.1, 0.15) is 5.76 Å². The summed E-state index contributed by atoms with van der Waals surface area (Å²) in [6, 6.07) is 1.68. The Morgan fingerprint density at radius 3 is 2.92 bits per heavy atom. The van der Waals surface area contributed by atoms with Crippen molar-refractivity contribution in [2.75, 3.05) is 13.1 Å². The maximum absolute atomic E-state index is 12.7. The van der Waals surface area contributed by atoms with Gasteiger partial charge in [-0.2, -0.15) is 5.10 Å². The van der Waals surface area contributed by atoms with Crippen molar-refractivity contribution >= 4 is 11.8 Å². The monoisotopic (exact) mass is 344 g/mol. The summed E-state index contributed by atoms with van der Waals surface area (Å²) in [4.78, 5) is 26.8. The number of carbonyl (C=O) groups is 2. The number of aromatic nitrogens is 2. The van der Waals surface area contributed by atoms with E-state index in [4.69, 9.17) is 4.42 Å². The molecule has 0 spiro atoms. The van der Waals surface area contributed by atoms with Gasteiger partial charge in [-0.25, -0.2) is 0 Å². The number of rotatable bonds is 5. The van der Waals surface area contributed by atoms with E-state index in [0.717, 1.165) is 17.7 Å². The standard InChI is InChI=1S/C18H24N4O3/c1-11(2)4-7-19-17(23)16-14-10-22(8-5-15(14)20-21-16)18(24)13-6-9-25-12(13)3/h6,9,11H,4-5,7-8,10H2,1-3H3,(H,19,23)(H,20,21). The summed E-state index contributed by atoms with van der Waals surface area (Å²) in [6.45, 7) is 7.59. The lowest BCUT2D eigenvalue weighted by molar-refractivity contribution is 0.0729.